The van der Waals surface area contributed by atoms with Crippen molar-refractivity contribution in [1.82, 2.24) is 15.4 Å². The molecular weight excluding hydrogens is 483 g/mol. The maximum absolute atomic E-state index is 12.0. The van der Waals surface area contributed by atoms with Crippen LogP contribution in [0.25, 0.3) is 0 Å². The molecule has 2 fully saturated rings. The Hall–Kier alpha value is -0.170. The van der Waals surface area contributed by atoms with Gasteiger partial charge in [0.2, 0.25) is 10.0 Å². The van der Waals surface area contributed by atoms with Gasteiger partial charge in [0.05, 0.1) is 31.6 Å². The molecule has 2 aliphatic rings. The van der Waals surface area contributed by atoms with E-state index in [1.165, 1.54) is 6.42 Å². The molecule has 2 unspecified atom stereocenters. The lowest BCUT2D eigenvalue weighted by molar-refractivity contribution is 0.0347. The third-order valence-electron chi connectivity index (χ3n) is 4.64. The van der Waals surface area contributed by atoms with Crippen molar-refractivity contribution in [2.75, 3.05) is 45.2 Å². The highest BCUT2D eigenvalue weighted by Gasteiger charge is 2.20. The maximum atomic E-state index is 12.0. The first kappa shape index (κ1) is 24.9. The molecule has 0 bridgehead atoms. The number of halogens is 1. The predicted octanol–water partition coefficient (Wildman–Crippen LogP) is 1.07. The smallest absolute Gasteiger partial charge is 0.213 e. The summed E-state index contributed by atoms with van der Waals surface area (Å²) in [7, 11) is -3.26. The molecule has 1 aliphatic heterocycles. The molecule has 0 amide bonds. The minimum Gasteiger partial charge on any atom is -0.379 e. The van der Waals surface area contributed by atoms with Crippen LogP contribution in [-0.4, -0.2) is 71.7 Å². The van der Waals surface area contributed by atoms with Crippen LogP contribution in [0.4, 0.5) is 0 Å². The van der Waals surface area contributed by atoms with Crippen molar-refractivity contribution in [1.29, 1.82) is 0 Å². The highest BCUT2D eigenvalue weighted by atomic mass is 127. The number of guanidine groups is 1. The first-order valence-electron chi connectivity index (χ1n) is 9.70. The van der Waals surface area contributed by atoms with E-state index in [0.717, 1.165) is 25.9 Å². The van der Waals surface area contributed by atoms with Gasteiger partial charge in [-0.05, 0) is 39.0 Å². The zero-order valence-corrected chi connectivity index (χ0v) is 19.6. The largest absolute Gasteiger partial charge is 0.379 e. The average molecular weight is 518 g/mol. The van der Waals surface area contributed by atoms with Gasteiger partial charge >= 0.3 is 0 Å². The highest BCUT2D eigenvalue weighted by Crippen LogP contribution is 2.25. The fourth-order valence-corrected chi connectivity index (χ4v) is 3.78. The van der Waals surface area contributed by atoms with E-state index in [1.807, 2.05) is 13.8 Å². The SMILES string of the molecule is CCNC(=NCCS(=O)(=O)NCC1CCC1)NC(C)COC1CCOC1.I. The Morgan fingerprint density at radius 1 is 1.33 bits per heavy atom. The van der Waals surface area contributed by atoms with Crippen molar-refractivity contribution in [3.8, 4) is 0 Å². The summed E-state index contributed by atoms with van der Waals surface area (Å²) in [6.07, 6.45) is 4.58. The Kier molecular flexibility index (Phi) is 12.1. The predicted molar refractivity (Wildman–Crippen MR) is 118 cm³/mol. The van der Waals surface area contributed by atoms with E-state index >= 15 is 0 Å². The van der Waals surface area contributed by atoms with E-state index < -0.39 is 10.0 Å². The van der Waals surface area contributed by atoms with Crippen molar-refractivity contribution in [3.05, 3.63) is 0 Å². The molecule has 0 aromatic rings. The fraction of sp³-hybridized carbons (Fsp3) is 0.941. The van der Waals surface area contributed by atoms with Crippen molar-refractivity contribution in [2.45, 2.75) is 51.7 Å². The van der Waals surface area contributed by atoms with Gasteiger partial charge in [-0.2, -0.15) is 0 Å². The first-order valence-corrected chi connectivity index (χ1v) is 11.3. The fourth-order valence-electron chi connectivity index (χ4n) is 2.81. The molecule has 0 radical (unpaired) electrons. The van der Waals surface area contributed by atoms with E-state index in [4.69, 9.17) is 9.47 Å². The van der Waals surface area contributed by atoms with Crippen LogP contribution in [-0.2, 0) is 19.5 Å². The van der Waals surface area contributed by atoms with Gasteiger partial charge in [0, 0.05) is 25.7 Å². The lowest BCUT2D eigenvalue weighted by Crippen LogP contribution is -2.45. The summed E-state index contributed by atoms with van der Waals surface area (Å²) in [5, 5.41) is 6.39. The van der Waals surface area contributed by atoms with Crippen LogP contribution in [0, 0.1) is 5.92 Å². The zero-order chi connectivity index (χ0) is 18.8. The Morgan fingerprint density at radius 2 is 2.11 bits per heavy atom. The van der Waals surface area contributed by atoms with Crippen molar-refractivity contribution in [3.63, 3.8) is 0 Å². The van der Waals surface area contributed by atoms with Gasteiger partial charge in [-0.25, -0.2) is 13.1 Å². The van der Waals surface area contributed by atoms with Crippen molar-refractivity contribution in [2.24, 2.45) is 10.9 Å². The molecule has 10 heteroatoms. The normalized spacial score (nSPS) is 22.0. The molecule has 1 aliphatic carbocycles. The van der Waals surface area contributed by atoms with Gasteiger partial charge in [0.25, 0.3) is 0 Å². The molecule has 1 saturated heterocycles. The van der Waals surface area contributed by atoms with E-state index in [9.17, 15) is 8.42 Å². The third-order valence-corrected chi connectivity index (χ3v) is 5.97. The zero-order valence-electron chi connectivity index (χ0n) is 16.4. The molecular formula is C17H35IN4O4S. The lowest BCUT2D eigenvalue weighted by atomic mass is 9.86. The van der Waals surface area contributed by atoms with E-state index in [0.29, 0.717) is 38.2 Å². The highest BCUT2D eigenvalue weighted by molar-refractivity contribution is 14.0. The van der Waals surface area contributed by atoms with Gasteiger partial charge in [0.15, 0.2) is 5.96 Å². The summed E-state index contributed by atoms with van der Waals surface area (Å²) in [5.41, 5.74) is 0. The third kappa shape index (κ3) is 10.2. The Balaban J connectivity index is 0.00000364. The van der Waals surface area contributed by atoms with Gasteiger partial charge in [0.1, 0.15) is 0 Å². The Labute approximate surface area is 180 Å². The Morgan fingerprint density at radius 3 is 2.70 bits per heavy atom. The topological polar surface area (TPSA) is 101 Å². The molecule has 0 aromatic heterocycles. The van der Waals surface area contributed by atoms with Gasteiger partial charge < -0.3 is 20.1 Å². The molecule has 1 saturated carbocycles. The lowest BCUT2D eigenvalue weighted by Gasteiger charge is -2.25. The van der Waals surface area contributed by atoms with Crippen LogP contribution in [0.2, 0.25) is 0 Å². The number of rotatable bonds is 11. The molecule has 1 heterocycles. The van der Waals surface area contributed by atoms with E-state index in [-0.39, 0.29) is 48.4 Å². The molecule has 3 N–H and O–H groups in total. The average Bonchev–Trinajstić information content (AvgIpc) is 3.04. The van der Waals surface area contributed by atoms with Gasteiger partial charge in [-0.3, -0.25) is 4.99 Å². The number of hydrogen-bond donors (Lipinski definition) is 3. The molecule has 2 rings (SSSR count). The second-order valence-electron chi connectivity index (χ2n) is 7.09. The minimum absolute atomic E-state index is 0. The summed E-state index contributed by atoms with van der Waals surface area (Å²) in [6, 6.07) is 0.0711. The minimum atomic E-state index is -3.26. The van der Waals surface area contributed by atoms with Crippen LogP contribution in [0.5, 0.6) is 0 Å². The summed E-state index contributed by atoms with van der Waals surface area (Å²) in [6.45, 7) is 7.46. The summed E-state index contributed by atoms with van der Waals surface area (Å²) < 4.78 is 37.8. The quantitative estimate of drug-likeness (QED) is 0.215. The number of ether oxygens (including phenoxy) is 2. The standard InChI is InChI=1S/C17H34N4O4S.HI/c1-3-18-17(21-14(2)12-25-16-7-9-24-13-16)19-8-10-26(22,23)20-11-15-5-4-6-15;/h14-16,20H,3-13H2,1-2H3,(H2,18,19,21);1H. The number of nitrogens with one attached hydrogen (secondary N) is 3. The molecule has 8 nitrogen and oxygen atoms in total. The summed E-state index contributed by atoms with van der Waals surface area (Å²) >= 11 is 0. The monoisotopic (exact) mass is 518 g/mol. The van der Waals surface area contributed by atoms with Crippen molar-refractivity contribution < 1.29 is 17.9 Å². The number of aliphatic imine (C=N–C) groups is 1. The summed E-state index contributed by atoms with van der Waals surface area (Å²) in [4.78, 5) is 4.37. The van der Waals surface area contributed by atoms with E-state index in [1.54, 1.807) is 0 Å². The second-order valence-corrected chi connectivity index (χ2v) is 9.02. The van der Waals surface area contributed by atoms with Crippen LogP contribution >= 0.6 is 24.0 Å². The van der Waals surface area contributed by atoms with Gasteiger partial charge in [-0.15, -0.1) is 24.0 Å². The van der Waals surface area contributed by atoms with Crippen LogP contribution in [0.15, 0.2) is 4.99 Å². The molecule has 0 spiro atoms. The Bertz CT molecular complexity index is 537. The van der Waals surface area contributed by atoms with Crippen molar-refractivity contribution >= 4 is 40.0 Å². The first-order chi connectivity index (χ1) is 12.5. The number of sulfonamides is 1. The molecule has 160 valence electrons. The second kappa shape index (κ2) is 13.1. The molecule has 2 atom stereocenters. The summed E-state index contributed by atoms with van der Waals surface area (Å²) in [5.74, 6) is 1.12. The maximum Gasteiger partial charge on any atom is 0.213 e. The van der Waals surface area contributed by atoms with Crippen LogP contribution in [0.1, 0.15) is 39.5 Å². The molecule has 0 aromatic carbocycles. The van der Waals surface area contributed by atoms with Gasteiger partial charge in [-0.1, -0.05) is 6.42 Å². The number of hydrogen-bond acceptors (Lipinski definition) is 5. The molecule has 27 heavy (non-hydrogen) atoms. The van der Waals surface area contributed by atoms with Crippen LogP contribution < -0.4 is 15.4 Å². The van der Waals surface area contributed by atoms with Crippen LogP contribution in [0.3, 0.4) is 0 Å². The number of nitrogens with zero attached hydrogens (tertiary/aromatic N) is 1. The van der Waals surface area contributed by atoms with E-state index in [2.05, 4.69) is 20.3 Å².